The number of H-pyrrole nitrogens is 1. The molecule has 2 N–H and O–H groups in total. The molecule has 2 aromatic rings. The van der Waals surface area contributed by atoms with Crippen LogP contribution in [0.15, 0.2) is 30.3 Å². The number of benzene rings is 1. The van der Waals surface area contributed by atoms with Crippen LogP contribution >= 0.6 is 11.6 Å². The number of hydrogen-bond donors (Lipinski definition) is 2. The van der Waals surface area contributed by atoms with Gasteiger partial charge in [-0.2, -0.15) is 0 Å². The third kappa shape index (κ3) is 1.75. The third-order valence-electron chi connectivity index (χ3n) is 2.99. The summed E-state index contributed by atoms with van der Waals surface area (Å²) in [6.07, 6.45) is 3.33. The van der Waals surface area contributed by atoms with Gasteiger partial charge < -0.3 is 10.3 Å². The van der Waals surface area contributed by atoms with Gasteiger partial charge >= 0.3 is 0 Å². The van der Waals surface area contributed by atoms with Crippen molar-refractivity contribution >= 4 is 28.1 Å². The second-order valence-corrected chi connectivity index (χ2v) is 4.53. The molecular formula is C13H13ClN2. The number of aromatic amines is 1. The van der Waals surface area contributed by atoms with Gasteiger partial charge in [-0.15, -0.1) is 0 Å². The second kappa shape index (κ2) is 3.96. The molecule has 0 amide bonds. The quantitative estimate of drug-likeness (QED) is 0.777. The van der Waals surface area contributed by atoms with E-state index in [9.17, 15) is 0 Å². The second-order valence-electron chi connectivity index (χ2n) is 4.10. The summed E-state index contributed by atoms with van der Waals surface area (Å²) >= 11 is 5.97. The Bertz CT molecular complexity index is 554. The number of rotatable bonds is 1. The van der Waals surface area contributed by atoms with Crippen molar-refractivity contribution in [2.45, 2.75) is 6.42 Å². The predicted molar refractivity (Wildman–Crippen MR) is 68.8 cm³/mol. The average molecular weight is 233 g/mol. The summed E-state index contributed by atoms with van der Waals surface area (Å²) in [5, 5.41) is 5.32. The van der Waals surface area contributed by atoms with Crippen LogP contribution < -0.4 is 5.32 Å². The van der Waals surface area contributed by atoms with Crippen LogP contribution in [0.5, 0.6) is 0 Å². The summed E-state index contributed by atoms with van der Waals surface area (Å²) in [5.74, 6) is 0. The molecule has 3 rings (SSSR count). The molecule has 0 radical (unpaired) electrons. The number of fused-ring (bicyclic) bond motifs is 1. The van der Waals surface area contributed by atoms with Crippen molar-refractivity contribution in [2.75, 3.05) is 13.1 Å². The molecule has 1 aromatic carbocycles. The minimum atomic E-state index is 0.778. The van der Waals surface area contributed by atoms with Crippen molar-refractivity contribution in [3.05, 3.63) is 41.1 Å². The molecule has 1 aromatic heterocycles. The zero-order valence-electron chi connectivity index (χ0n) is 8.89. The Kier molecular flexibility index (Phi) is 2.46. The van der Waals surface area contributed by atoms with E-state index >= 15 is 0 Å². The Morgan fingerprint density at radius 1 is 1.19 bits per heavy atom. The average Bonchev–Trinajstić information content (AvgIpc) is 2.73. The van der Waals surface area contributed by atoms with Gasteiger partial charge in [0, 0.05) is 28.2 Å². The van der Waals surface area contributed by atoms with Gasteiger partial charge in [-0.1, -0.05) is 23.7 Å². The molecule has 0 unspecified atom stereocenters. The first kappa shape index (κ1) is 9.94. The minimum Gasteiger partial charge on any atom is -0.355 e. The predicted octanol–water partition coefficient (Wildman–Crippen LogP) is 3.20. The maximum Gasteiger partial charge on any atom is 0.0473 e. The molecule has 16 heavy (non-hydrogen) atoms. The molecule has 0 spiro atoms. The molecule has 1 aliphatic heterocycles. The number of hydrogen-bond acceptors (Lipinski definition) is 1. The standard InChI is InChI=1S/C13H13ClN2/c14-11-2-1-10-7-12(16-13(10)8-11)9-3-5-15-6-4-9/h1-3,7-8,15-16H,4-6H2. The normalized spacial score (nSPS) is 16.4. The molecule has 2 nitrogen and oxygen atoms in total. The zero-order valence-corrected chi connectivity index (χ0v) is 9.64. The first-order valence-corrected chi connectivity index (χ1v) is 5.89. The molecule has 0 fully saturated rings. The summed E-state index contributed by atoms with van der Waals surface area (Å²) in [5.41, 5.74) is 3.73. The smallest absolute Gasteiger partial charge is 0.0473 e. The van der Waals surface area contributed by atoms with Gasteiger partial charge in [0.25, 0.3) is 0 Å². The largest absolute Gasteiger partial charge is 0.355 e. The van der Waals surface area contributed by atoms with E-state index in [1.165, 1.54) is 16.7 Å². The van der Waals surface area contributed by atoms with E-state index < -0.39 is 0 Å². The number of aromatic nitrogens is 1. The van der Waals surface area contributed by atoms with Crippen molar-refractivity contribution in [3.63, 3.8) is 0 Å². The summed E-state index contributed by atoms with van der Waals surface area (Å²) in [6, 6.07) is 8.16. The molecule has 2 heterocycles. The highest BCUT2D eigenvalue weighted by atomic mass is 35.5. The van der Waals surface area contributed by atoms with Gasteiger partial charge in [0.1, 0.15) is 0 Å². The molecule has 0 atom stereocenters. The van der Waals surface area contributed by atoms with Gasteiger partial charge in [-0.05, 0) is 36.7 Å². The van der Waals surface area contributed by atoms with Crippen LogP contribution in [0.25, 0.3) is 16.5 Å². The van der Waals surface area contributed by atoms with Crippen LogP contribution in [0.2, 0.25) is 5.02 Å². The van der Waals surface area contributed by atoms with Crippen molar-refractivity contribution in [1.82, 2.24) is 10.3 Å². The molecule has 1 aliphatic rings. The number of nitrogens with one attached hydrogen (secondary N) is 2. The van der Waals surface area contributed by atoms with E-state index in [-0.39, 0.29) is 0 Å². The summed E-state index contributed by atoms with van der Waals surface area (Å²) in [7, 11) is 0. The minimum absolute atomic E-state index is 0.778. The Balaban J connectivity index is 2.07. The lowest BCUT2D eigenvalue weighted by molar-refractivity contribution is 0.737. The first-order chi connectivity index (χ1) is 7.83. The lowest BCUT2D eigenvalue weighted by atomic mass is 10.1. The first-order valence-electron chi connectivity index (χ1n) is 5.51. The van der Waals surface area contributed by atoms with Gasteiger partial charge in [0.05, 0.1) is 0 Å². The van der Waals surface area contributed by atoms with Gasteiger partial charge in [-0.3, -0.25) is 0 Å². The van der Waals surface area contributed by atoms with Crippen molar-refractivity contribution in [3.8, 4) is 0 Å². The van der Waals surface area contributed by atoms with Crippen LogP contribution in [-0.2, 0) is 0 Å². The van der Waals surface area contributed by atoms with E-state index in [0.717, 1.165) is 30.0 Å². The molecule has 0 saturated carbocycles. The highest BCUT2D eigenvalue weighted by Gasteiger charge is 2.08. The van der Waals surface area contributed by atoms with Gasteiger partial charge in [0.2, 0.25) is 0 Å². The van der Waals surface area contributed by atoms with E-state index in [1.807, 2.05) is 12.1 Å². The third-order valence-corrected chi connectivity index (χ3v) is 3.23. The summed E-state index contributed by atoms with van der Waals surface area (Å²) in [6.45, 7) is 2.02. The van der Waals surface area contributed by atoms with Gasteiger partial charge in [0.15, 0.2) is 0 Å². The topological polar surface area (TPSA) is 27.8 Å². The Labute approximate surface area is 99.3 Å². The summed E-state index contributed by atoms with van der Waals surface area (Å²) in [4.78, 5) is 3.43. The molecule has 0 bridgehead atoms. The maximum atomic E-state index is 5.97. The highest BCUT2D eigenvalue weighted by molar-refractivity contribution is 6.31. The number of halogens is 1. The summed E-state index contributed by atoms with van der Waals surface area (Å²) < 4.78 is 0. The molecule has 0 aliphatic carbocycles. The van der Waals surface area contributed by atoms with E-state index in [1.54, 1.807) is 0 Å². The molecule has 0 saturated heterocycles. The Morgan fingerprint density at radius 2 is 2.12 bits per heavy atom. The van der Waals surface area contributed by atoms with Crippen LogP contribution in [0.3, 0.4) is 0 Å². The van der Waals surface area contributed by atoms with Gasteiger partial charge in [-0.25, -0.2) is 0 Å². The van der Waals surface area contributed by atoms with Crippen molar-refractivity contribution in [1.29, 1.82) is 0 Å². The lowest BCUT2D eigenvalue weighted by Crippen LogP contribution is -2.20. The van der Waals surface area contributed by atoms with E-state index in [4.69, 9.17) is 11.6 Å². The van der Waals surface area contributed by atoms with Crippen LogP contribution in [0.1, 0.15) is 12.1 Å². The fourth-order valence-corrected chi connectivity index (χ4v) is 2.31. The molecule has 3 heteroatoms. The molecule has 82 valence electrons. The van der Waals surface area contributed by atoms with Crippen LogP contribution in [-0.4, -0.2) is 18.1 Å². The monoisotopic (exact) mass is 232 g/mol. The molecular weight excluding hydrogens is 220 g/mol. The van der Waals surface area contributed by atoms with Crippen LogP contribution in [0, 0.1) is 0 Å². The van der Waals surface area contributed by atoms with Crippen molar-refractivity contribution in [2.24, 2.45) is 0 Å². The maximum absolute atomic E-state index is 5.97. The highest BCUT2D eigenvalue weighted by Crippen LogP contribution is 2.25. The lowest BCUT2D eigenvalue weighted by Gasteiger charge is -2.12. The Morgan fingerprint density at radius 3 is 2.94 bits per heavy atom. The Hall–Kier alpha value is -1.25. The van der Waals surface area contributed by atoms with Crippen molar-refractivity contribution < 1.29 is 0 Å². The SMILES string of the molecule is Clc1ccc2cc(C3=CCNCC3)[nH]c2c1. The van der Waals surface area contributed by atoms with E-state index in [2.05, 4.69) is 28.5 Å². The fourth-order valence-electron chi connectivity index (χ4n) is 2.14. The zero-order chi connectivity index (χ0) is 11.0. The fraction of sp³-hybridized carbons (Fsp3) is 0.231. The van der Waals surface area contributed by atoms with Crippen LogP contribution in [0.4, 0.5) is 0 Å². The van der Waals surface area contributed by atoms with E-state index in [0.29, 0.717) is 0 Å².